The first-order valence-corrected chi connectivity index (χ1v) is 6.77. The molecule has 100 valence electrons. The van der Waals surface area contributed by atoms with Crippen LogP contribution in [0.25, 0.3) is 0 Å². The molecule has 0 aliphatic carbocycles. The average Bonchev–Trinajstić information content (AvgIpc) is 2.38. The highest BCUT2D eigenvalue weighted by molar-refractivity contribution is 5.48. The first kappa shape index (κ1) is 13.4. The number of aliphatic hydroxyl groups excluding tert-OH is 1. The zero-order valence-corrected chi connectivity index (χ0v) is 11.3. The molecule has 0 spiro atoms. The van der Waals surface area contributed by atoms with E-state index in [9.17, 15) is 10.2 Å². The number of rotatable bonds is 3. The van der Waals surface area contributed by atoms with Crippen molar-refractivity contribution in [1.82, 2.24) is 0 Å². The van der Waals surface area contributed by atoms with Crippen LogP contribution in [-0.4, -0.2) is 28.9 Å². The standard InChI is InChI=1S/C15H23NO2/c1-3-14(17)12-4-6-13(7-5-12)16-10-8-15(2,18)9-11-16/h4-7,14,17-18H,3,8-11H2,1-2H3/t14-/m0/s1. The lowest BCUT2D eigenvalue weighted by molar-refractivity contribution is 0.0351. The molecule has 1 saturated heterocycles. The molecular formula is C15H23NO2. The Balaban J connectivity index is 2.02. The van der Waals surface area contributed by atoms with Crippen molar-refractivity contribution >= 4 is 5.69 Å². The molecule has 1 heterocycles. The maximum Gasteiger partial charge on any atom is 0.0787 e. The predicted octanol–water partition coefficient (Wildman–Crippen LogP) is 2.48. The second kappa shape index (κ2) is 5.29. The van der Waals surface area contributed by atoms with Gasteiger partial charge < -0.3 is 15.1 Å². The SMILES string of the molecule is CC[C@H](O)c1ccc(N2CCC(C)(O)CC2)cc1. The molecule has 0 radical (unpaired) electrons. The highest BCUT2D eigenvalue weighted by Crippen LogP contribution is 2.27. The fourth-order valence-electron chi connectivity index (χ4n) is 2.39. The molecule has 1 aromatic carbocycles. The topological polar surface area (TPSA) is 43.7 Å². The normalized spacial score (nSPS) is 20.8. The molecule has 1 fully saturated rings. The smallest absolute Gasteiger partial charge is 0.0787 e. The monoisotopic (exact) mass is 249 g/mol. The van der Waals surface area contributed by atoms with E-state index in [0.717, 1.165) is 37.9 Å². The van der Waals surface area contributed by atoms with Crippen LogP contribution in [0.3, 0.4) is 0 Å². The van der Waals surface area contributed by atoms with Crippen molar-refractivity contribution in [1.29, 1.82) is 0 Å². The van der Waals surface area contributed by atoms with E-state index in [4.69, 9.17) is 0 Å². The number of aliphatic hydroxyl groups is 2. The lowest BCUT2D eigenvalue weighted by Gasteiger charge is -2.37. The van der Waals surface area contributed by atoms with Gasteiger partial charge in [0.2, 0.25) is 0 Å². The molecule has 1 aromatic rings. The molecule has 18 heavy (non-hydrogen) atoms. The average molecular weight is 249 g/mol. The zero-order chi connectivity index (χ0) is 13.2. The summed E-state index contributed by atoms with van der Waals surface area (Å²) in [5.74, 6) is 0. The van der Waals surface area contributed by atoms with E-state index in [1.54, 1.807) is 0 Å². The van der Waals surface area contributed by atoms with Crippen LogP contribution in [0, 0.1) is 0 Å². The molecule has 1 aliphatic heterocycles. The summed E-state index contributed by atoms with van der Waals surface area (Å²) < 4.78 is 0. The van der Waals surface area contributed by atoms with Gasteiger partial charge in [0.1, 0.15) is 0 Å². The summed E-state index contributed by atoms with van der Waals surface area (Å²) in [6.45, 7) is 5.67. The van der Waals surface area contributed by atoms with Gasteiger partial charge in [-0.15, -0.1) is 0 Å². The van der Waals surface area contributed by atoms with Crippen molar-refractivity contribution in [3.63, 3.8) is 0 Å². The minimum atomic E-state index is -0.505. The summed E-state index contributed by atoms with van der Waals surface area (Å²) in [4.78, 5) is 2.29. The summed E-state index contributed by atoms with van der Waals surface area (Å²) in [7, 11) is 0. The maximum atomic E-state index is 9.93. The highest BCUT2D eigenvalue weighted by atomic mass is 16.3. The van der Waals surface area contributed by atoms with Gasteiger partial charge in [-0.25, -0.2) is 0 Å². The second-order valence-corrected chi connectivity index (χ2v) is 5.50. The van der Waals surface area contributed by atoms with Gasteiger partial charge in [-0.1, -0.05) is 19.1 Å². The van der Waals surface area contributed by atoms with Crippen molar-refractivity contribution in [2.24, 2.45) is 0 Å². The Morgan fingerprint density at radius 1 is 1.22 bits per heavy atom. The second-order valence-electron chi connectivity index (χ2n) is 5.50. The van der Waals surface area contributed by atoms with Crippen LogP contribution in [0.2, 0.25) is 0 Å². The Labute approximate surface area is 109 Å². The van der Waals surface area contributed by atoms with E-state index >= 15 is 0 Å². The number of benzene rings is 1. The Morgan fingerprint density at radius 2 is 1.78 bits per heavy atom. The lowest BCUT2D eigenvalue weighted by atomic mass is 9.93. The van der Waals surface area contributed by atoms with Gasteiger partial charge in [0, 0.05) is 18.8 Å². The third-order valence-electron chi connectivity index (χ3n) is 3.87. The van der Waals surface area contributed by atoms with E-state index in [0.29, 0.717) is 0 Å². The minimum Gasteiger partial charge on any atom is -0.390 e. The van der Waals surface area contributed by atoms with Crippen molar-refractivity contribution in [3.8, 4) is 0 Å². The van der Waals surface area contributed by atoms with Crippen LogP contribution in [0.1, 0.15) is 44.8 Å². The lowest BCUT2D eigenvalue weighted by Crippen LogP contribution is -2.42. The van der Waals surface area contributed by atoms with Crippen LogP contribution in [-0.2, 0) is 0 Å². The Hall–Kier alpha value is -1.06. The first-order valence-electron chi connectivity index (χ1n) is 6.77. The summed E-state index contributed by atoms with van der Waals surface area (Å²) in [6.07, 6.45) is 2.01. The molecule has 1 atom stereocenters. The van der Waals surface area contributed by atoms with Crippen molar-refractivity contribution < 1.29 is 10.2 Å². The largest absolute Gasteiger partial charge is 0.390 e. The number of piperidine rings is 1. The van der Waals surface area contributed by atoms with Gasteiger partial charge >= 0.3 is 0 Å². The molecule has 0 amide bonds. The molecular weight excluding hydrogens is 226 g/mol. The van der Waals surface area contributed by atoms with Crippen molar-refractivity contribution in [2.45, 2.75) is 44.8 Å². The Kier molecular flexibility index (Phi) is 3.93. The van der Waals surface area contributed by atoms with Crippen molar-refractivity contribution in [2.75, 3.05) is 18.0 Å². The van der Waals surface area contributed by atoms with E-state index < -0.39 is 5.60 Å². The van der Waals surface area contributed by atoms with Gasteiger partial charge in [0.25, 0.3) is 0 Å². The molecule has 3 heteroatoms. The Morgan fingerprint density at radius 3 is 2.28 bits per heavy atom. The van der Waals surface area contributed by atoms with E-state index in [1.807, 2.05) is 26.0 Å². The van der Waals surface area contributed by atoms with Gasteiger partial charge in [0.15, 0.2) is 0 Å². The third-order valence-corrected chi connectivity index (χ3v) is 3.87. The molecule has 0 bridgehead atoms. The molecule has 3 nitrogen and oxygen atoms in total. The molecule has 2 rings (SSSR count). The molecule has 0 unspecified atom stereocenters. The molecule has 1 aliphatic rings. The van der Waals surface area contributed by atoms with Crippen LogP contribution in [0.15, 0.2) is 24.3 Å². The van der Waals surface area contributed by atoms with Gasteiger partial charge in [0.05, 0.1) is 11.7 Å². The highest BCUT2D eigenvalue weighted by Gasteiger charge is 2.27. The number of anilines is 1. The van der Waals surface area contributed by atoms with Gasteiger partial charge in [-0.3, -0.25) is 0 Å². The summed E-state index contributed by atoms with van der Waals surface area (Å²) in [6, 6.07) is 8.12. The number of hydrogen-bond donors (Lipinski definition) is 2. The van der Waals surface area contributed by atoms with Crippen LogP contribution in [0.5, 0.6) is 0 Å². The van der Waals surface area contributed by atoms with Crippen molar-refractivity contribution in [3.05, 3.63) is 29.8 Å². The minimum absolute atomic E-state index is 0.360. The third kappa shape index (κ3) is 3.03. The molecule has 0 aromatic heterocycles. The first-order chi connectivity index (χ1) is 8.52. The maximum absolute atomic E-state index is 9.93. The van der Waals surface area contributed by atoms with Gasteiger partial charge in [-0.05, 0) is 43.9 Å². The van der Waals surface area contributed by atoms with E-state index in [2.05, 4.69) is 17.0 Å². The molecule has 0 saturated carbocycles. The summed E-state index contributed by atoms with van der Waals surface area (Å²) >= 11 is 0. The zero-order valence-electron chi connectivity index (χ0n) is 11.3. The van der Waals surface area contributed by atoms with Gasteiger partial charge in [-0.2, -0.15) is 0 Å². The summed E-state index contributed by atoms with van der Waals surface area (Å²) in [5.41, 5.74) is 1.65. The fraction of sp³-hybridized carbons (Fsp3) is 0.600. The quantitative estimate of drug-likeness (QED) is 0.865. The van der Waals surface area contributed by atoms with E-state index in [1.165, 1.54) is 5.69 Å². The summed E-state index contributed by atoms with van der Waals surface area (Å²) in [5, 5.41) is 19.7. The molecule has 2 N–H and O–H groups in total. The number of nitrogens with zero attached hydrogens (tertiary/aromatic N) is 1. The van der Waals surface area contributed by atoms with Crippen LogP contribution >= 0.6 is 0 Å². The van der Waals surface area contributed by atoms with E-state index in [-0.39, 0.29) is 6.10 Å². The fourth-order valence-corrected chi connectivity index (χ4v) is 2.39. The van der Waals surface area contributed by atoms with Crippen LogP contribution in [0.4, 0.5) is 5.69 Å². The number of hydrogen-bond acceptors (Lipinski definition) is 3. The van der Waals surface area contributed by atoms with Crippen LogP contribution < -0.4 is 4.90 Å². The Bertz CT molecular complexity index is 376. The predicted molar refractivity (Wildman–Crippen MR) is 73.8 cm³/mol.